The molecule has 0 heterocycles. The van der Waals surface area contributed by atoms with Gasteiger partial charge < -0.3 is 9.80 Å². The second-order valence-corrected chi connectivity index (χ2v) is 4.45. The quantitative estimate of drug-likeness (QED) is 0.455. The van der Waals surface area contributed by atoms with Crippen molar-refractivity contribution in [3.8, 4) is 0 Å². The number of hydrogen-bond acceptors (Lipinski definition) is 2. The fourth-order valence-corrected chi connectivity index (χ4v) is 1.78. The fourth-order valence-electron chi connectivity index (χ4n) is 1.78. The number of carbonyl (C=O) groups excluding carboxylic acids is 2. The Morgan fingerprint density at radius 2 is 1.20 bits per heavy atom. The molecule has 0 aliphatic heterocycles. The second kappa shape index (κ2) is 11.0. The van der Waals surface area contributed by atoms with E-state index in [2.05, 4.69) is 13.2 Å². The van der Waals surface area contributed by atoms with Gasteiger partial charge in [0.1, 0.15) is 0 Å². The van der Waals surface area contributed by atoms with E-state index in [0.717, 1.165) is 12.8 Å². The van der Waals surface area contributed by atoms with Crippen LogP contribution < -0.4 is 0 Å². The molecule has 112 valence electrons. The van der Waals surface area contributed by atoms with Gasteiger partial charge in [-0.05, 0) is 25.0 Å². The van der Waals surface area contributed by atoms with Crippen molar-refractivity contribution in [2.45, 2.75) is 26.7 Å². The van der Waals surface area contributed by atoms with E-state index < -0.39 is 0 Å². The van der Waals surface area contributed by atoms with E-state index in [1.807, 2.05) is 26.0 Å². The van der Waals surface area contributed by atoms with Crippen LogP contribution in [-0.4, -0.2) is 47.8 Å². The smallest absolute Gasteiger partial charge is 0.246 e. The van der Waals surface area contributed by atoms with E-state index in [1.165, 1.54) is 12.2 Å². The highest BCUT2D eigenvalue weighted by Crippen LogP contribution is 1.97. The van der Waals surface area contributed by atoms with Gasteiger partial charge in [0.25, 0.3) is 0 Å². The zero-order valence-corrected chi connectivity index (χ0v) is 12.7. The van der Waals surface area contributed by atoms with Gasteiger partial charge >= 0.3 is 0 Å². The summed E-state index contributed by atoms with van der Waals surface area (Å²) in [5.74, 6) is -0.131. The first-order chi connectivity index (χ1) is 9.60. The molecule has 0 atom stereocenters. The summed E-state index contributed by atoms with van der Waals surface area (Å²) in [6.07, 6.45) is 8.29. The summed E-state index contributed by atoms with van der Waals surface area (Å²) in [6, 6.07) is 0. The van der Waals surface area contributed by atoms with E-state index in [4.69, 9.17) is 0 Å². The number of nitrogens with zero attached hydrogens (tertiary/aromatic N) is 2. The maximum absolute atomic E-state index is 11.6. The molecular weight excluding hydrogens is 252 g/mol. The van der Waals surface area contributed by atoms with Crippen molar-refractivity contribution in [3.05, 3.63) is 37.5 Å². The first-order valence-corrected chi connectivity index (χ1v) is 7.08. The van der Waals surface area contributed by atoms with Crippen LogP contribution in [0, 0.1) is 0 Å². The minimum Gasteiger partial charge on any atom is -0.335 e. The molecule has 20 heavy (non-hydrogen) atoms. The Labute approximate surface area is 122 Å². The zero-order chi connectivity index (χ0) is 15.4. The summed E-state index contributed by atoms with van der Waals surface area (Å²) in [5.41, 5.74) is 0. The molecule has 0 radical (unpaired) electrons. The molecule has 0 aromatic carbocycles. The number of hydrogen-bond donors (Lipinski definition) is 0. The van der Waals surface area contributed by atoms with Gasteiger partial charge in [-0.2, -0.15) is 0 Å². The predicted molar refractivity (Wildman–Crippen MR) is 83.3 cm³/mol. The van der Waals surface area contributed by atoms with Gasteiger partial charge in [0.05, 0.1) is 0 Å². The van der Waals surface area contributed by atoms with Crippen molar-refractivity contribution < 1.29 is 9.59 Å². The van der Waals surface area contributed by atoms with Crippen LogP contribution in [0.4, 0.5) is 0 Å². The fraction of sp³-hybridized carbons (Fsp3) is 0.500. The van der Waals surface area contributed by atoms with Gasteiger partial charge in [-0.3, -0.25) is 9.59 Å². The number of amides is 2. The summed E-state index contributed by atoms with van der Waals surface area (Å²) in [5, 5.41) is 0. The molecule has 0 unspecified atom stereocenters. The lowest BCUT2D eigenvalue weighted by atomic mass is 10.3. The molecule has 2 amide bonds. The molecule has 4 nitrogen and oxygen atoms in total. The Morgan fingerprint density at radius 3 is 1.45 bits per heavy atom. The molecule has 0 rings (SSSR count). The highest BCUT2D eigenvalue weighted by molar-refractivity contribution is 5.87. The molecule has 0 fully saturated rings. The van der Waals surface area contributed by atoms with E-state index in [0.29, 0.717) is 26.2 Å². The average molecular weight is 278 g/mol. The van der Waals surface area contributed by atoms with E-state index in [9.17, 15) is 9.59 Å². The van der Waals surface area contributed by atoms with Crippen molar-refractivity contribution in [1.29, 1.82) is 0 Å². The van der Waals surface area contributed by atoms with Crippen LogP contribution in [0.25, 0.3) is 0 Å². The first-order valence-electron chi connectivity index (χ1n) is 7.08. The van der Waals surface area contributed by atoms with Gasteiger partial charge in [-0.25, -0.2) is 0 Å². The monoisotopic (exact) mass is 278 g/mol. The van der Waals surface area contributed by atoms with Crippen molar-refractivity contribution in [2.75, 3.05) is 26.2 Å². The summed E-state index contributed by atoms with van der Waals surface area (Å²) in [4.78, 5) is 26.6. The average Bonchev–Trinajstić information content (AvgIpc) is 2.47. The standard InChI is InChI=1S/C16H26N2O2/c1-5-11-17(15(19)7-3)13-9-10-14-18(12-6-2)16(20)8-4/h7-10H,3-6,11-14H2,1-2H3. The van der Waals surface area contributed by atoms with Crippen LogP contribution in [-0.2, 0) is 9.59 Å². The van der Waals surface area contributed by atoms with Crippen LogP contribution in [0.2, 0.25) is 0 Å². The molecule has 0 aliphatic rings. The molecule has 0 N–H and O–H groups in total. The lowest BCUT2D eigenvalue weighted by Crippen LogP contribution is -2.31. The Morgan fingerprint density at radius 1 is 0.850 bits per heavy atom. The van der Waals surface area contributed by atoms with Gasteiger partial charge in [-0.1, -0.05) is 39.2 Å². The van der Waals surface area contributed by atoms with Gasteiger partial charge in [0, 0.05) is 26.2 Å². The molecule has 4 heteroatoms. The van der Waals surface area contributed by atoms with E-state index in [-0.39, 0.29) is 11.8 Å². The summed E-state index contributed by atoms with van der Waals surface area (Å²) in [7, 11) is 0. The SMILES string of the molecule is C=CC(=O)N(CC=CCN(CCC)C(=O)C=C)CCC. The van der Waals surface area contributed by atoms with Gasteiger partial charge in [0.2, 0.25) is 11.8 Å². The zero-order valence-electron chi connectivity index (χ0n) is 12.7. The predicted octanol–water partition coefficient (Wildman–Crippen LogP) is 2.39. The Hall–Kier alpha value is -1.84. The molecule has 0 aromatic heterocycles. The maximum atomic E-state index is 11.6. The van der Waals surface area contributed by atoms with Crippen molar-refractivity contribution in [3.63, 3.8) is 0 Å². The normalized spacial score (nSPS) is 10.3. The largest absolute Gasteiger partial charge is 0.335 e. The highest BCUT2D eigenvalue weighted by atomic mass is 16.2. The first kappa shape index (κ1) is 18.2. The summed E-state index contributed by atoms with van der Waals surface area (Å²) in [6.45, 7) is 13.6. The summed E-state index contributed by atoms with van der Waals surface area (Å²) < 4.78 is 0. The minimum atomic E-state index is -0.0657. The van der Waals surface area contributed by atoms with Crippen molar-refractivity contribution >= 4 is 11.8 Å². The molecule has 0 spiro atoms. The Bertz CT molecular complexity index is 327. The third-order valence-electron chi connectivity index (χ3n) is 2.78. The van der Waals surface area contributed by atoms with E-state index in [1.54, 1.807) is 9.80 Å². The molecule has 0 aliphatic carbocycles. The molecule has 0 saturated heterocycles. The number of carbonyl (C=O) groups is 2. The third kappa shape index (κ3) is 6.92. The van der Waals surface area contributed by atoms with Gasteiger partial charge in [0.15, 0.2) is 0 Å². The second-order valence-electron chi connectivity index (χ2n) is 4.45. The van der Waals surface area contributed by atoms with E-state index >= 15 is 0 Å². The van der Waals surface area contributed by atoms with Crippen LogP contribution in [0.3, 0.4) is 0 Å². The third-order valence-corrected chi connectivity index (χ3v) is 2.78. The van der Waals surface area contributed by atoms with Crippen LogP contribution in [0.5, 0.6) is 0 Å². The molecular formula is C16H26N2O2. The molecule has 0 aromatic rings. The minimum absolute atomic E-state index is 0.0657. The maximum Gasteiger partial charge on any atom is 0.246 e. The van der Waals surface area contributed by atoms with Crippen LogP contribution >= 0.6 is 0 Å². The molecule has 0 saturated carbocycles. The van der Waals surface area contributed by atoms with Gasteiger partial charge in [-0.15, -0.1) is 0 Å². The van der Waals surface area contributed by atoms with Crippen molar-refractivity contribution in [1.82, 2.24) is 9.80 Å². The summed E-state index contributed by atoms with van der Waals surface area (Å²) >= 11 is 0. The number of rotatable bonds is 10. The lowest BCUT2D eigenvalue weighted by molar-refractivity contribution is -0.126. The highest BCUT2D eigenvalue weighted by Gasteiger charge is 2.08. The topological polar surface area (TPSA) is 40.6 Å². The lowest BCUT2D eigenvalue weighted by Gasteiger charge is -2.20. The van der Waals surface area contributed by atoms with Crippen molar-refractivity contribution in [2.24, 2.45) is 0 Å². The Kier molecular flexibility index (Phi) is 10.0. The Balaban J connectivity index is 4.38. The molecule has 0 bridgehead atoms. The van der Waals surface area contributed by atoms with Crippen LogP contribution in [0.1, 0.15) is 26.7 Å². The van der Waals surface area contributed by atoms with Crippen LogP contribution in [0.15, 0.2) is 37.5 Å².